The van der Waals surface area contributed by atoms with Crippen LogP contribution in [0, 0.1) is 11.8 Å². The molecule has 4 heteroatoms. The van der Waals surface area contributed by atoms with Gasteiger partial charge in [-0.25, -0.2) is 8.42 Å². The molecule has 1 saturated carbocycles. The topological polar surface area (TPSA) is 60.2 Å². The lowest BCUT2D eigenvalue weighted by atomic mass is 9.94. The average Bonchev–Trinajstić information content (AvgIpc) is 2.61. The molecule has 0 heterocycles. The van der Waals surface area contributed by atoms with Crippen molar-refractivity contribution in [3.05, 3.63) is 0 Å². The van der Waals surface area contributed by atoms with E-state index in [0.717, 1.165) is 12.8 Å². The molecule has 2 unspecified atom stereocenters. The summed E-state index contributed by atoms with van der Waals surface area (Å²) >= 11 is 0. The lowest BCUT2D eigenvalue weighted by Crippen LogP contribution is -2.23. The highest BCUT2D eigenvalue weighted by molar-refractivity contribution is 7.91. The van der Waals surface area contributed by atoms with Crippen LogP contribution in [0.15, 0.2) is 0 Å². The van der Waals surface area contributed by atoms with Gasteiger partial charge in [-0.15, -0.1) is 0 Å². The van der Waals surface area contributed by atoms with E-state index in [9.17, 15) is 8.42 Å². The molecule has 90 valence electrons. The maximum absolute atomic E-state index is 11.7. The van der Waals surface area contributed by atoms with Gasteiger partial charge in [-0.05, 0) is 45.1 Å². The Balaban J connectivity index is 2.43. The molecular formula is C11H23NO2S. The molecule has 1 aliphatic carbocycles. The van der Waals surface area contributed by atoms with Crippen molar-refractivity contribution in [2.24, 2.45) is 17.6 Å². The van der Waals surface area contributed by atoms with Gasteiger partial charge < -0.3 is 5.73 Å². The number of nitrogens with two attached hydrogens (primary N) is 1. The van der Waals surface area contributed by atoms with E-state index in [2.05, 4.69) is 0 Å². The molecule has 0 saturated heterocycles. The molecule has 3 nitrogen and oxygen atoms in total. The van der Waals surface area contributed by atoms with Crippen LogP contribution in [0.4, 0.5) is 0 Å². The maximum Gasteiger partial charge on any atom is 0.152 e. The molecule has 0 aromatic rings. The summed E-state index contributed by atoms with van der Waals surface area (Å²) in [7, 11) is -2.86. The number of sulfone groups is 1. The Morgan fingerprint density at radius 1 is 1.27 bits per heavy atom. The second kappa shape index (κ2) is 5.30. The molecule has 0 aromatic heterocycles. The van der Waals surface area contributed by atoms with Crippen LogP contribution < -0.4 is 5.73 Å². The van der Waals surface area contributed by atoms with Crippen LogP contribution in [0.5, 0.6) is 0 Å². The number of hydrogen-bond acceptors (Lipinski definition) is 3. The Labute approximate surface area is 93.3 Å². The first-order valence-corrected chi connectivity index (χ1v) is 7.60. The zero-order chi connectivity index (χ0) is 11.5. The molecule has 0 radical (unpaired) electrons. The van der Waals surface area contributed by atoms with Crippen LogP contribution >= 0.6 is 0 Å². The third kappa shape index (κ3) is 3.45. The highest BCUT2D eigenvalue weighted by Crippen LogP contribution is 2.33. The second-order valence-corrected chi connectivity index (χ2v) is 7.57. The minimum atomic E-state index is -2.86. The van der Waals surface area contributed by atoms with Gasteiger partial charge in [0, 0.05) is 0 Å². The fourth-order valence-electron chi connectivity index (χ4n) is 2.36. The van der Waals surface area contributed by atoms with Crippen LogP contribution in [0.2, 0.25) is 0 Å². The summed E-state index contributed by atoms with van der Waals surface area (Å²) in [4.78, 5) is 0. The zero-order valence-electron chi connectivity index (χ0n) is 9.78. The van der Waals surface area contributed by atoms with Gasteiger partial charge in [-0.1, -0.05) is 12.8 Å². The fraction of sp³-hybridized carbons (Fsp3) is 1.00. The van der Waals surface area contributed by atoms with E-state index in [0.29, 0.717) is 24.1 Å². The van der Waals surface area contributed by atoms with Crippen molar-refractivity contribution < 1.29 is 8.42 Å². The van der Waals surface area contributed by atoms with Crippen molar-refractivity contribution in [2.45, 2.75) is 44.8 Å². The van der Waals surface area contributed by atoms with Crippen molar-refractivity contribution in [1.29, 1.82) is 0 Å². The quantitative estimate of drug-likeness (QED) is 0.784. The Morgan fingerprint density at radius 3 is 2.40 bits per heavy atom. The van der Waals surface area contributed by atoms with Crippen molar-refractivity contribution >= 4 is 9.84 Å². The standard InChI is InChI=1S/C11H23NO2S/c1-9(2)15(13,14)7-6-10-4-3-5-11(10)8-12/h9-11H,3-8,12H2,1-2H3. The van der Waals surface area contributed by atoms with E-state index < -0.39 is 9.84 Å². The predicted molar refractivity (Wildman–Crippen MR) is 63.4 cm³/mol. The highest BCUT2D eigenvalue weighted by atomic mass is 32.2. The largest absolute Gasteiger partial charge is 0.330 e. The zero-order valence-corrected chi connectivity index (χ0v) is 10.6. The second-order valence-electron chi connectivity index (χ2n) is 4.89. The van der Waals surface area contributed by atoms with Crippen molar-refractivity contribution in [2.75, 3.05) is 12.3 Å². The van der Waals surface area contributed by atoms with E-state index in [1.807, 2.05) is 0 Å². The lowest BCUT2D eigenvalue weighted by molar-refractivity contribution is 0.385. The van der Waals surface area contributed by atoms with E-state index >= 15 is 0 Å². The molecule has 1 rings (SSSR count). The maximum atomic E-state index is 11.7. The molecule has 15 heavy (non-hydrogen) atoms. The van der Waals surface area contributed by atoms with Gasteiger partial charge in [0.2, 0.25) is 0 Å². The predicted octanol–water partition coefficient (Wildman–Crippen LogP) is 1.57. The van der Waals surface area contributed by atoms with Gasteiger partial charge in [0.1, 0.15) is 0 Å². The number of rotatable bonds is 5. The summed E-state index contributed by atoms with van der Waals surface area (Å²) in [6, 6.07) is 0. The van der Waals surface area contributed by atoms with Crippen molar-refractivity contribution in [1.82, 2.24) is 0 Å². The Kier molecular flexibility index (Phi) is 4.59. The van der Waals surface area contributed by atoms with Gasteiger partial charge in [0.15, 0.2) is 9.84 Å². The molecule has 2 N–H and O–H groups in total. The third-order valence-electron chi connectivity index (χ3n) is 3.61. The first-order chi connectivity index (χ1) is 6.97. The molecular weight excluding hydrogens is 210 g/mol. The van der Waals surface area contributed by atoms with Crippen LogP contribution in [0.25, 0.3) is 0 Å². The van der Waals surface area contributed by atoms with Gasteiger partial charge in [0.05, 0.1) is 11.0 Å². The summed E-state index contributed by atoms with van der Waals surface area (Å²) < 4.78 is 23.3. The van der Waals surface area contributed by atoms with Gasteiger partial charge in [-0.3, -0.25) is 0 Å². The van der Waals surface area contributed by atoms with Crippen molar-refractivity contribution in [3.8, 4) is 0 Å². The molecule has 0 amide bonds. The third-order valence-corrected chi connectivity index (χ3v) is 5.85. The summed E-state index contributed by atoms with van der Waals surface area (Å²) in [5.41, 5.74) is 5.67. The van der Waals surface area contributed by atoms with Gasteiger partial charge in [0.25, 0.3) is 0 Å². The smallest absolute Gasteiger partial charge is 0.152 e. The van der Waals surface area contributed by atoms with Crippen molar-refractivity contribution in [3.63, 3.8) is 0 Å². The molecule has 0 spiro atoms. The summed E-state index contributed by atoms with van der Waals surface area (Å²) in [6.07, 6.45) is 4.37. The van der Waals surface area contributed by atoms with Crippen LogP contribution in [-0.2, 0) is 9.84 Å². The van der Waals surface area contributed by atoms with Gasteiger partial charge in [-0.2, -0.15) is 0 Å². The Bertz CT molecular complexity index is 285. The monoisotopic (exact) mass is 233 g/mol. The normalized spacial score (nSPS) is 27.5. The summed E-state index contributed by atoms with van der Waals surface area (Å²) in [5, 5.41) is -0.241. The molecule has 1 fully saturated rings. The lowest BCUT2D eigenvalue weighted by Gasteiger charge is -2.18. The summed E-state index contributed by atoms with van der Waals surface area (Å²) in [6.45, 7) is 4.22. The molecule has 0 aromatic carbocycles. The molecule has 0 aliphatic heterocycles. The molecule has 1 aliphatic rings. The van der Waals surface area contributed by atoms with E-state index in [4.69, 9.17) is 5.73 Å². The van der Waals surface area contributed by atoms with Crippen LogP contribution in [-0.4, -0.2) is 26.0 Å². The molecule has 0 bridgehead atoms. The minimum absolute atomic E-state index is 0.241. The first-order valence-electron chi connectivity index (χ1n) is 5.89. The molecule has 2 atom stereocenters. The Morgan fingerprint density at radius 2 is 1.87 bits per heavy atom. The first kappa shape index (κ1) is 13.0. The highest BCUT2D eigenvalue weighted by Gasteiger charge is 2.28. The van der Waals surface area contributed by atoms with Crippen LogP contribution in [0.1, 0.15) is 39.5 Å². The van der Waals surface area contributed by atoms with E-state index in [1.165, 1.54) is 12.8 Å². The van der Waals surface area contributed by atoms with E-state index in [-0.39, 0.29) is 5.25 Å². The number of hydrogen-bond donors (Lipinski definition) is 1. The fourth-order valence-corrected chi connectivity index (χ4v) is 3.46. The minimum Gasteiger partial charge on any atom is -0.330 e. The SMILES string of the molecule is CC(C)S(=O)(=O)CCC1CCCC1CN. The van der Waals surface area contributed by atoms with Gasteiger partial charge >= 0.3 is 0 Å². The Hall–Kier alpha value is -0.0900. The summed E-state index contributed by atoms with van der Waals surface area (Å²) in [5.74, 6) is 1.45. The van der Waals surface area contributed by atoms with E-state index in [1.54, 1.807) is 13.8 Å². The average molecular weight is 233 g/mol. The van der Waals surface area contributed by atoms with Crippen LogP contribution in [0.3, 0.4) is 0 Å².